The lowest BCUT2D eigenvalue weighted by molar-refractivity contribution is -0.388. The van der Waals surface area contributed by atoms with E-state index in [4.69, 9.17) is 17.3 Å². The molecule has 2 N–H and O–H groups in total. The summed E-state index contributed by atoms with van der Waals surface area (Å²) in [5.41, 5.74) is 2.29. The van der Waals surface area contributed by atoms with Gasteiger partial charge in [-0.1, -0.05) is 31.0 Å². The molecular weight excluding hydrogens is 295 g/mol. The number of nitrogens with two attached hydrogens (primary N) is 1. The molecule has 0 fully saturated rings. The van der Waals surface area contributed by atoms with Crippen LogP contribution in [0.15, 0.2) is 17.0 Å². The van der Waals surface area contributed by atoms with E-state index >= 15 is 0 Å². The molecular formula is C6H4ClF5N2O2S. The second-order valence-electron chi connectivity index (χ2n) is 3.07. The van der Waals surface area contributed by atoms with Gasteiger partial charge in [-0.2, -0.15) is 0 Å². The fourth-order valence-electron chi connectivity index (χ4n) is 1.01. The van der Waals surface area contributed by atoms with E-state index in [0.717, 1.165) is 0 Å². The molecule has 0 aliphatic carbocycles. The highest BCUT2D eigenvalue weighted by molar-refractivity contribution is 8.45. The number of nitro benzene ring substituents is 1. The number of nitrogen functional groups attached to an aromatic ring is 1. The van der Waals surface area contributed by atoms with Crippen molar-refractivity contribution in [3.63, 3.8) is 0 Å². The molecule has 0 heterocycles. The van der Waals surface area contributed by atoms with Crippen LogP contribution in [0, 0.1) is 10.1 Å². The largest absolute Gasteiger partial charge is 0.397 e. The second kappa shape index (κ2) is 2.93. The van der Waals surface area contributed by atoms with Gasteiger partial charge < -0.3 is 5.73 Å². The number of halogens is 6. The third-order valence-electron chi connectivity index (χ3n) is 1.69. The average molecular weight is 299 g/mol. The summed E-state index contributed by atoms with van der Waals surface area (Å²) >= 11 is 5.24. The van der Waals surface area contributed by atoms with Crippen molar-refractivity contribution in [3.8, 4) is 0 Å². The van der Waals surface area contributed by atoms with E-state index in [-0.39, 0.29) is 12.1 Å². The van der Waals surface area contributed by atoms with Crippen LogP contribution in [-0.2, 0) is 0 Å². The molecule has 0 aliphatic rings. The number of anilines is 1. The molecule has 1 aromatic carbocycles. The van der Waals surface area contributed by atoms with Crippen LogP contribution in [0.4, 0.5) is 30.8 Å². The lowest BCUT2D eigenvalue weighted by Crippen LogP contribution is -2.10. The Morgan fingerprint density at radius 3 is 2.06 bits per heavy atom. The van der Waals surface area contributed by atoms with Crippen LogP contribution in [0.25, 0.3) is 0 Å². The lowest BCUT2D eigenvalue weighted by Gasteiger charge is -2.39. The first-order valence-electron chi connectivity index (χ1n) is 3.70. The standard InChI is InChI=1S/C6H4ClF5N2O2S/c7-3-1-5(14(15)16)6(2-4(3)13)17(8,9,10,11)12/h1-2H,13H2. The maximum atomic E-state index is 12.5. The number of hydrogen-bond acceptors (Lipinski definition) is 3. The smallest absolute Gasteiger partial charge is 0.316 e. The molecule has 0 radical (unpaired) electrons. The maximum Gasteiger partial charge on any atom is 0.316 e. The quantitative estimate of drug-likeness (QED) is 0.378. The molecule has 0 saturated heterocycles. The van der Waals surface area contributed by atoms with Crippen molar-refractivity contribution in [2.75, 3.05) is 5.73 Å². The predicted octanol–water partition coefficient (Wildman–Crippen LogP) is 4.49. The van der Waals surface area contributed by atoms with Gasteiger partial charge in [0.1, 0.15) is 0 Å². The van der Waals surface area contributed by atoms with Crippen LogP contribution in [-0.4, -0.2) is 4.92 Å². The molecule has 1 rings (SSSR count). The number of benzene rings is 1. The molecule has 0 spiro atoms. The molecule has 0 bridgehead atoms. The van der Waals surface area contributed by atoms with Crippen molar-refractivity contribution in [2.24, 2.45) is 0 Å². The summed E-state index contributed by atoms with van der Waals surface area (Å²) in [5, 5.41) is 9.70. The molecule has 0 atom stereocenters. The van der Waals surface area contributed by atoms with Crippen LogP contribution < -0.4 is 5.73 Å². The Bertz CT molecular complexity index is 517. The van der Waals surface area contributed by atoms with E-state index in [1.807, 2.05) is 0 Å². The Balaban J connectivity index is 3.78. The van der Waals surface area contributed by atoms with Gasteiger partial charge in [0.2, 0.25) is 0 Å². The number of rotatable bonds is 2. The molecule has 0 aliphatic heterocycles. The summed E-state index contributed by atoms with van der Waals surface area (Å²) < 4.78 is 62.4. The van der Waals surface area contributed by atoms with E-state index in [9.17, 15) is 29.5 Å². The van der Waals surface area contributed by atoms with Crippen LogP contribution in [0.1, 0.15) is 0 Å². The van der Waals surface area contributed by atoms with Crippen molar-refractivity contribution < 1.29 is 24.4 Å². The lowest BCUT2D eigenvalue weighted by atomic mass is 10.3. The highest BCUT2D eigenvalue weighted by Crippen LogP contribution is 3.03. The van der Waals surface area contributed by atoms with E-state index < -0.39 is 36.4 Å². The van der Waals surface area contributed by atoms with Gasteiger partial charge in [-0.05, 0) is 6.07 Å². The fourth-order valence-corrected chi connectivity index (χ4v) is 2.05. The Morgan fingerprint density at radius 1 is 1.24 bits per heavy atom. The summed E-state index contributed by atoms with van der Waals surface area (Å²) in [6.45, 7) is 0. The van der Waals surface area contributed by atoms with Crippen molar-refractivity contribution in [1.29, 1.82) is 0 Å². The zero-order valence-corrected chi connectivity index (χ0v) is 9.24. The molecule has 11 heteroatoms. The Labute approximate surface area is 96.0 Å². The van der Waals surface area contributed by atoms with Crippen molar-refractivity contribution in [1.82, 2.24) is 0 Å². The number of nitro groups is 1. The minimum Gasteiger partial charge on any atom is -0.397 e. The Hall–Kier alpha value is -1.29. The first-order valence-corrected chi connectivity index (χ1v) is 6.03. The third kappa shape index (κ3) is 2.88. The normalized spacial score (nSPS) is 16.1. The molecule has 1 aromatic rings. The van der Waals surface area contributed by atoms with Gasteiger partial charge >= 0.3 is 10.2 Å². The van der Waals surface area contributed by atoms with Gasteiger partial charge in [0.05, 0.1) is 15.6 Å². The first-order chi connectivity index (χ1) is 7.22. The van der Waals surface area contributed by atoms with Crippen LogP contribution >= 0.6 is 21.8 Å². The Kier molecular flexibility index (Phi) is 2.38. The number of hydrogen-bond donors (Lipinski definition) is 1. The van der Waals surface area contributed by atoms with E-state index in [2.05, 4.69) is 0 Å². The summed E-state index contributed by atoms with van der Waals surface area (Å²) in [7, 11) is -10.2. The monoisotopic (exact) mass is 298 g/mol. The van der Waals surface area contributed by atoms with Gasteiger partial charge in [-0.3, -0.25) is 10.1 Å². The van der Waals surface area contributed by atoms with Crippen LogP contribution in [0.5, 0.6) is 0 Å². The molecule has 17 heavy (non-hydrogen) atoms. The highest BCUT2D eigenvalue weighted by Gasteiger charge is 2.69. The molecule has 0 aromatic heterocycles. The zero-order chi connectivity index (χ0) is 13.7. The van der Waals surface area contributed by atoms with Crippen molar-refractivity contribution >= 4 is 33.2 Å². The molecule has 0 unspecified atom stereocenters. The van der Waals surface area contributed by atoms with Crippen LogP contribution in [0.2, 0.25) is 5.02 Å². The Morgan fingerprint density at radius 2 is 1.71 bits per heavy atom. The van der Waals surface area contributed by atoms with Gasteiger partial charge in [-0.15, -0.1) is 0 Å². The summed E-state index contributed by atoms with van der Waals surface area (Å²) in [6.07, 6.45) is 0. The van der Waals surface area contributed by atoms with Gasteiger partial charge in [0.15, 0.2) is 4.90 Å². The topological polar surface area (TPSA) is 69.2 Å². The maximum absolute atomic E-state index is 12.5. The van der Waals surface area contributed by atoms with Crippen LogP contribution in [0.3, 0.4) is 0 Å². The average Bonchev–Trinajstić information content (AvgIpc) is 2.04. The van der Waals surface area contributed by atoms with Gasteiger partial charge in [0.25, 0.3) is 5.69 Å². The predicted molar refractivity (Wildman–Crippen MR) is 53.9 cm³/mol. The summed E-state index contributed by atoms with van der Waals surface area (Å²) in [5.74, 6) is 0. The van der Waals surface area contributed by atoms with E-state index in [0.29, 0.717) is 0 Å². The number of nitrogens with zero attached hydrogens (tertiary/aromatic N) is 1. The molecule has 0 saturated carbocycles. The highest BCUT2D eigenvalue weighted by atomic mass is 35.5. The van der Waals surface area contributed by atoms with E-state index in [1.54, 1.807) is 0 Å². The third-order valence-corrected chi connectivity index (χ3v) is 3.18. The fraction of sp³-hybridized carbons (Fsp3) is 0. The van der Waals surface area contributed by atoms with Gasteiger partial charge in [0, 0.05) is 6.07 Å². The summed E-state index contributed by atoms with van der Waals surface area (Å²) in [6, 6.07) is -0.0911. The zero-order valence-electron chi connectivity index (χ0n) is 7.67. The first kappa shape index (κ1) is 13.8. The SMILES string of the molecule is Nc1cc(S(F)(F)(F)(F)F)c([N+](=O)[O-])cc1Cl. The van der Waals surface area contributed by atoms with Crippen molar-refractivity contribution in [3.05, 3.63) is 27.3 Å². The van der Waals surface area contributed by atoms with Gasteiger partial charge in [-0.25, -0.2) is 0 Å². The molecule has 98 valence electrons. The minimum absolute atomic E-state index is 0.143. The molecule has 0 amide bonds. The summed E-state index contributed by atoms with van der Waals surface area (Å²) in [4.78, 5) is 6.05. The molecule has 4 nitrogen and oxygen atoms in total. The van der Waals surface area contributed by atoms with Crippen molar-refractivity contribution in [2.45, 2.75) is 4.90 Å². The van der Waals surface area contributed by atoms with E-state index in [1.165, 1.54) is 0 Å². The second-order valence-corrected chi connectivity index (χ2v) is 5.85. The minimum atomic E-state index is -10.2.